The van der Waals surface area contributed by atoms with Crippen LogP contribution >= 0.6 is 0 Å². The summed E-state index contributed by atoms with van der Waals surface area (Å²) in [7, 11) is 0. The zero-order chi connectivity index (χ0) is 17.3. The van der Waals surface area contributed by atoms with Gasteiger partial charge in [0.1, 0.15) is 11.6 Å². The van der Waals surface area contributed by atoms with E-state index in [1.165, 1.54) is 24.3 Å². The Morgan fingerprint density at radius 3 is 2.46 bits per heavy atom. The fourth-order valence-electron chi connectivity index (χ4n) is 2.74. The number of aromatic nitrogens is 1. The molecule has 24 heavy (non-hydrogen) atoms. The Hall–Kier alpha value is -2.69. The van der Waals surface area contributed by atoms with Crippen molar-refractivity contribution in [1.29, 1.82) is 0 Å². The molecule has 0 radical (unpaired) electrons. The van der Waals surface area contributed by atoms with E-state index in [-0.39, 0.29) is 17.5 Å². The Balaban J connectivity index is 1.80. The maximum absolute atomic E-state index is 13.3. The van der Waals surface area contributed by atoms with E-state index < -0.39 is 5.41 Å². The van der Waals surface area contributed by atoms with Gasteiger partial charge in [0.15, 0.2) is 0 Å². The van der Waals surface area contributed by atoms with E-state index in [9.17, 15) is 13.6 Å². The Morgan fingerprint density at radius 2 is 1.75 bits per heavy atom. The van der Waals surface area contributed by atoms with Crippen molar-refractivity contribution in [1.82, 2.24) is 10.3 Å². The van der Waals surface area contributed by atoms with Crippen LogP contribution in [-0.2, 0) is 16.8 Å². The van der Waals surface area contributed by atoms with Crippen LogP contribution in [-0.4, -0.2) is 10.9 Å². The summed E-state index contributed by atoms with van der Waals surface area (Å²) in [6.45, 7) is 3.96. The first-order chi connectivity index (χ1) is 11.4. The molecule has 0 unspecified atom stereocenters. The van der Waals surface area contributed by atoms with Crippen LogP contribution in [0.3, 0.4) is 0 Å². The molecule has 5 heteroatoms. The minimum absolute atomic E-state index is 0.156. The Kier molecular flexibility index (Phi) is 4.09. The zero-order valence-corrected chi connectivity index (χ0v) is 13.5. The number of carbonyl (C=O) groups is 1. The lowest BCUT2D eigenvalue weighted by Gasteiger charge is -2.23. The van der Waals surface area contributed by atoms with E-state index in [0.717, 1.165) is 16.5 Å². The summed E-state index contributed by atoms with van der Waals surface area (Å²) in [5.74, 6) is -0.789. The highest BCUT2D eigenvalue weighted by Crippen LogP contribution is 2.31. The van der Waals surface area contributed by atoms with Gasteiger partial charge < -0.3 is 10.3 Å². The minimum atomic E-state index is -0.796. The molecular formula is C19H18F2N2O. The van der Waals surface area contributed by atoms with Crippen LogP contribution < -0.4 is 5.32 Å². The quantitative estimate of drug-likeness (QED) is 0.746. The van der Waals surface area contributed by atoms with Gasteiger partial charge in [0.25, 0.3) is 0 Å². The summed E-state index contributed by atoms with van der Waals surface area (Å²) in [6.07, 6.45) is 1.74. The smallest absolute Gasteiger partial charge is 0.230 e. The third-order valence-electron chi connectivity index (χ3n) is 4.25. The van der Waals surface area contributed by atoms with Gasteiger partial charge >= 0.3 is 0 Å². The van der Waals surface area contributed by atoms with Crippen molar-refractivity contribution in [3.8, 4) is 0 Å². The summed E-state index contributed by atoms with van der Waals surface area (Å²) in [5.41, 5.74) is 1.48. The molecule has 1 aromatic heterocycles. The topological polar surface area (TPSA) is 44.9 Å². The molecule has 2 N–H and O–H groups in total. The van der Waals surface area contributed by atoms with Gasteiger partial charge in [-0.15, -0.1) is 0 Å². The molecule has 3 rings (SSSR count). The number of hydrogen-bond acceptors (Lipinski definition) is 1. The molecule has 3 aromatic rings. The molecule has 0 saturated carbocycles. The molecule has 1 amide bonds. The van der Waals surface area contributed by atoms with Gasteiger partial charge in [-0.3, -0.25) is 4.79 Å². The van der Waals surface area contributed by atoms with Gasteiger partial charge in [-0.2, -0.15) is 0 Å². The summed E-state index contributed by atoms with van der Waals surface area (Å²) in [4.78, 5) is 15.6. The summed E-state index contributed by atoms with van der Waals surface area (Å²) in [6, 6.07) is 10.5. The highest BCUT2D eigenvalue weighted by molar-refractivity contribution is 5.94. The Morgan fingerprint density at radius 1 is 1.08 bits per heavy atom. The van der Waals surface area contributed by atoms with Gasteiger partial charge in [-0.1, -0.05) is 12.1 Å². The van der Waals surface area contributed by atoms with Crippen LogP contribution in [0, 0.1) is 11.6 Å². The summed E-state index contributed by atoms with van der Waals surface area (Å²) in [5, 5.41) is 3.69. The molecule has 1 heterocycles. The number of nitrogens with one attached hydrogen (secondary N) is 2. The molecule has 3 nitrogen and oxygen atoms in total. The van der Waals surface area contributed by atoms with Crippen LogP contribution in [0.5, 0.6) is 0 Å². The maximum atomic E-state index is 13.3. The first-order valence-corrected chi connectivity index (χ1v) is 7.68. The number of carbonyl (C=O) groups excluding carboxylic acids is 1. The van der Waals surface area contributed by atoms with E-state index in [4.69, 9.17) is 0 Å². The highest BCUT2D eigenvalue weighted by Gasteiger charge is 2.32. The molecule has 0 aliphatic carbocycles. The lowest BCUT2D eigenvalue weighted by atomic mass is 9.83. The van der Waals surface area contributed by atoms with E-state index in [1.54, 1.807) is 24.4 Å². The second-order valence-corrected chi connectivity index (χ2v) is 6.33. The number of amides is 1. The van der Waals surface area contributed by atoms with Gasteiger partial charge in [0.05, 0.1) is 5.41 Å². The molecule has 0 spiro atoms. The number of benzene rings is 2. The number of fused-ring (bicyclic) bond motifs is 1. The van der Waals surface area contributed by atoms with Crippen LogP contribution in [0.25, 0.3) is 10.9 Å². The van der Waals surface area contributed by atoms with Crippen LogP contribution in [0.1, 0.15) is 25.0 Å². The van der Waals surface area contributed by atoms with Crippen molar-refractivity contribution >= 4 is 16.8 Å². The van der Waals surface area contributed by atoms with Crippen molar-refractivity contribution in [2.24, 2.45) is 0 Å². The van der Waals surface area contributed by atoms with Gasteiger partial charge in [0.2, 0.25) is 5.91 Å². The van der Waals surface area contributed by atoms with Gasteiger partial charge in [-0.25, -0.2) is 8.78 Å². The minimum Gasteiger partial charge on any atom is -0.361 e. The van der Waals surface area contributed by atoms with Crippen molar-refractivity contribution in [2.45, 2.75) is 25.8 Å². The average molecular weight is 328 g/mol. The second-order valence-electron chi connectivity index (χ2n) is 6.33. The fourth-order valence-corrected chi connectivity index (χ4v) is 2.74. The van der Waals surface area contributed by atoms with Crippen LogP contribution in [0.4, 0.5) is 8.78 Å². The highest BCUT2D eigenvalue weighted by atomic mass is 19.1. The number of hydrogen-bond donors (Lipinski definition) is 2. The maximum Gasteiger partial charge on any atom is 0.230 e. The molecule has 0 atom stereocenters. The van der Waals surface area contributed by atoms with E-state index in [1.807, 2.05) is 13.8 Å². The van der Waals surface area contributed by atoms with Crippen molar-refractivity contribution in [3.05, 3.63) is 71.4 Å². The molecular weight excluding hydrogens is 310 g/mol. The largest absolute Gasteiger partial charge is 0.361 e. The van der Waals surface area contributed by atoms with E-state index >= 15 is 0 Å². The predicted octanol–water partition coefficient (Wildman–Crippen LogP) is 4.04. The number of rotatable bonds is 4. The first-order valence-electron chi connectivity index (χ1n) is 7.68. The lowest BCUT2D eigenvalue weighted by Crippen LogP contribution is -2.39. The lowest BCUT2D eigenvalue weighted by molar-refractivity contribution is -0.125. The standard InChI is InChI=1S/C19H18F2N2O/c1-19(2,16-11-22-17-9-14(21)7-8-15(16)17)18(24)23-10-12-3-5-13(20)6-4-12/h3-9,11,22H,10H2,1-2H3,(H,23,24). The first kappa shape index (κ1) is 16.2. The van der Waals surface area contributed by atoms with Crippen LogP contribution in [0.15, 0.2) is 48.7 Å². The summed E-state index contributed by atoms with van der Waals surface area (Å²) < 4.78 is 26.2. The SMILES string of the molecule is CC(C)(C(=O)NCc1ccc(F)cc1)c1c[nH]c2cc(F)ccc12. The predicted molar refractivity (Wildman–Crippen MR) is 89.5 cm³/mol. The van der Waals surface area contributed by atoms with Gasteiger partial charge in [0, 0.05) is 23.6 Å². The van der Waals surface area contributed by atoms with Crippen molar-refractivity contribution < 1.29 is 13.6 Å². The second kappa shape index (κ2) is 6.07. The number of aromatic amines is 1. The molecule has 2 aromatic carbocycles. The molecule has 0 fully saturated rings. The average Bonchev–Trinajstić information content (AvgIpc) is 2.97. The monoisotopic (exact) mass is 328 g/mol. The third kappa shape index (κ3) is 3.02. The third-order valence-corrected chi connectivity index (χ3v) is 4.25. The number of H-pyrrole nitrogens is 1. The Bertz CT molecular complexity index is 882. The zero-order valence-electron chi connectivity index (χ0n) is 13.5. The van der Waals surface area contributed by atoms with E-state index in [0.29, 0.717) is 12.1 Å². The molecule has 0 saturated heterocycles. The van der Waals surface area contributed by atoms with Crippen molar-refractivity contribution in [3.63, 3.8) is 0 Å². The molecule has 124 valence electrons. The molecule has 0 aliphatic heterocycles. The number of halogens is 2. The Labute approximate surface area is 138 Å². The van der Waals surface area contributed by atoms with E-state index in [2.05, 4.69) is 10.3 Å². The van der Waals surface area contributed by atoms with Crippen molar-refractivity contribution in [2.75, 3.05) is 0 Å². The summed E-state index contributed by atoms with van der Waals surface area (Å²) >= 11 is 0. The van der Waals surface area contributed by atoms with Crippen LogP contribution in [0.2, 0.25) is 0 Å². The molecule has 0 bridgehead atoms. The van der Waals surface area contributed by atoms with Gasteiger partial charge in [-0.05, 0) is 55.3 Å². The fraction of sp³-hybridized carbons (Fsp3) is 0.211. The molecule has 0 aliphatic rings. The normalized spacial score (nSPS) is 11.7.